The van der Waals surface area contributed by atoms with Crippen LogP contribution in [0, 0.1) is 13.8 Å². The van der Waals surface area contributed by atoms with Crippen LogP contribution < -0.4 is 4.90 Å². The molecule has 156 valence electrons. The molecule has 1 fully saturated rings. The van der Waals surface area contributed by atoms with Gasteiger partial charge in [-0.05, 0) is 37.6 Å². The molecule has 3 aromatic rings. The SMILES string of the molecule is Cc1nn(-c2ccccc2)c(C)c1C(=O)N(C)Cc1ccccc1N1CCOCC1. The number of carbonyl (C=O) groups excluding carboxylic acids is 1. The number of para-hydroxylation sites is 2. The van der Waals surface area contributed by atoms with Crippen LogP contribution >= 0.6 is 0 Å². The molecule has 1 amide bonds. The highest BCUT2D eigenvalue weighted by molar-refractivity contribution is 5.96. The second kappa shape index (κ2) is 8.71. The lowest BCUT2D eigenvalue weighted by Gasteiger charge is -2.31. The van der Waals surface area contributed by atoms with Gasteiger partial charge < -0.3 is 14.5 Å². The number of hydrogen-bond acceptors (Lipinski definition) is 4. The lowest BCUT2D eigenvalue weighted by molar-refractivity contribution is 0.0783. The number of carbonyl (C=O) groups is 1. The Morgan fingerprint density at radius 1 is 1.03 bits per heavy atom. The molecule has 0 spiro atoms. The number of hydrogen-bond donors (Lipinski definition) is 0. The molecule has 4 rings (SSSR count). The molecule has 0 atom stereocenters. The molecule has 1 aliphatic heterocycles. The monoisotopic (exact) mass is 404 g/mol. The van der Waals surface area contributed by atoms with Crippen molar-refractivity contribution in [2.45, 2.75) is 20.4 Å². The van der Waals surface area contributed by atoms with Crippen molar-refractivity contribution in [2.75, 3.05) is 38.3 Å². The van der Waals surface area contributed by atoms with Gasteiger partial charge in [0.1, 0.15) is 0 Å². The number of aryl methyl sites for hydroxylation is 1. The summed E-state index contributed by atoms with van der Waals surface area (Å²) in [4.78, 5) is 17.5. The number of morpholine rings is 1. The van der Waals surface area contributed by atoms with Crippen molar-refractivity contribution in [3.63, 3.8) is 0 Å². The molecular weight excluding hydrogens is 376 g/mol. The van der Waals surface area contributed by atoms with E-state index in [-0.39, 0.29) is 5.91 Å². The molecule has 0 bridgehead atoms. The van der Waals surface area contributed by atoms with E-state index in [1.165, 1.54) is 5.69 Å². The Balaban J connectivity index is 1.58. The molecule has 0 aliphatic carbocycles. The minimum atomic E-state index is -0.0102. The topological polar surface area (TPSA) is 50.6 Å². The van der Waals surface area contributed by atoms with Crippen LogP contribution in [-0.4, -0.2) is 53.9 Å². The van der Waals surface area contributed by atoms with Crippen molar-refractivity contribution in [3.05, 3.63) is 77.1 Å². The third-order valence-electron chi connectivity index (χ3n) is 5.60. The van der Waals surface area contributed by atoms with Crippen molar-refractivity contribution < 1.29 is 9.53 Å². The van der Waals surface area contributed by atoms with Gasteiger partial charge in [0.05, 0.1) is 35.9 Å². The first-order valence-electron chi connectivity index (χ1n) is 10.3. The van der Waals surface area contributed by atoms with E-state index < -0.39 is 0 Å². The third-order valence-corrected chi connectivity index (χ3v) is 5.60. The molecule has 0 unspecified atom stereocenters. The number of nitrogens with zero attached hydrogens (tertiary/aromatic N) is 4. The van der Waals surface area contributed by atoms with E-state index >= 15 is 0 Å². The van der Waals surface area contributed by atoms with E-state index in [9.17, 15) is 4.79 Å². The van der Waals surface area contributed by atoms with E-state index in [0.717, 1.165) is 48.9 Å². The molecule has 0 saturated carbocycles. The van der Waals surface area contributed by atoms with Crippen LogP contribution in [0.4, 0.5) is 5.69 Å². The Bertz CT molecular complexity index is 1020. The summed E-state index contributed by atoms with van der Waals surface area (Å²) in [5.74, 6) is -0.0102. The van der Waals surface area contributed by atoms with Crippen LogP contribution in [0.2, 0.25) is 0 Å². The number of rotatable bonds is 5. The van der Waals surface area contributed by atoms with Crippen molar-refractivity contribution in [2.24, 2.45) is 0 Å². The minimum absolute atomic E-state index is 0.0102. The number of aromatic nitrogens is 2. The van der Waals surface area contributed by atoms with E-state index in [4.69, 9.17) is 4.74 Å². The molecule has 2 aromatic carbocycles. The van der Waals surface area contributed by atoms with Gasteiger partial charge in [-0.2, -0.15) is 5.10 Å². The molecule has 6 nitrogen and oxygen atoms in total. The van der Waals surface area contributed by atoms with Gasteiger partial charge in [0.2, 0.25) is 0 Å². The average Bonchev–Trinajstić information content (AvgIpc) is 3.08. The molecule has 2 heterocycles. The van der Waals surface area contributed by atoms with Crippen LogP contribution in [0.3, 0.4) is 0 Å². The first kappa shape index (κ1) is 20.2. The van der Waals surface area contributed by atoms with E-state index in [1.54, 1.807) is 4.90 Å². The Kier molecular flexibility index (Phi) is 5.86. The van der Waals surface area contributed by atoms with Crippen molar-refractivity contribution in [1.29, 1.82) is 0 Å². The Labute approximate surface area is 177 Å². The minimum Gasteiger partial charge on any atom is -0.378 e. The highest BCUT2D eigenvalue weighted by atomic mass is 16.5. The zero-order chi connectivity index (χ0) is 21.1. The van der Waals surface area contributed by atoms with Gasteiger partial charge in [-0.1, -0.05) is 36.4 Å². The van der Waals surface area contributed by atoms with Crippen LogP contribution in [0.25, 0.3) is 5.69 Å². The maximum absolute atomic E-state index is 13.4. The quantitative estimate of drug-likeness (QED) is 0.652. The fraction of sp³-hybridized carbons (Fsp3) is 0.333. The van der Waals surface area contributed by atoms with Gasteiger partial charge in [0.15, 0.2) is 0 Å². The lowest BCUT2D eigenvalue weighted by atomic mass is 10.1. The fourth-order valence-electron chi connectivity index (χ4n) is 4.05. The van der Waals surface area contributed by atoms with E-state index in [2.05, 4.69) is 22.1 Å². The standard InChI is InChI=1S/C24H28N4O2/c1-18-23(19(2)28(25-18)21-10-5-4-6-11-21)24(29)26(3)17-20-9-7-8-12-22(20)27-13-15-30-16-14-27/h4-12H,13-17H2,1-3H3. The molecule has 1 saturated heterocycles. The summed E-state index contributed by atoms with van der Waals surface area (Å²) in [6.45, 7) is 7.61. The maximum atomic E-state index is 13.4. The largest absolute Gasteiger partial charge is 0.378 e. The summed E-state index contributed by atoms with van der Waals surface area (Å²) in [7, 11) is 1.86. The molecule has 1 aliphatic rings. The molecule has 1 aromatic heterocycles. The summed E-state index contributed by atoms with van der Waals surface area (Å²) in [5, 5.41) is 4.63. The first-order valence-corrected chi connectivity index (χ1v) is 10.3. The van der Waals surface area contributed by atoms with Gasteiger partial charge in [-0.3, -0.25) is 4.79 Å². The number of benzene rings is 2. The smallest absolute Gasteiger partial charge is 0.257 e. The van der Waals surface area contributed by atoms with Crippen LogP contribution in [0.1, 0.15) is 27.3 Å². The predicted molar refractivity (Wildman–Crippen MR) is 118 cm³/mol. The first-order chi connectivity index (χ1) is 14.6. The summed E-state index contributed by atoms with van der Waals surface area (Å²) in [6.07, 6.45) is 0. The summed E-state index contributed by atoms with van der Waals surface area (Å²) in [5.41, 5.74) is 5.55. The second-order valence-corrected chi connectivity index (χ2v) is 7.68. The van der Waals surface area contributed by atoms with Crippen molar-refractivity contribution in [1.82, 2.24) is 14.7 Å². The number of ether oxygens (including phenoxy) is 1. The highest BCUT2D eigenvalue weighted by Crippen LogP contribution is 2.25. The lowest BCUT2D eigenvalue weighted by Crippen LogP contribution is -2.37. The molecule has 0 radical (unpaired) electrons. The normalized spacial score (nSPS) is 14.0. The van der Waals surface area contributed by atoms with E-state index in [0.29, 0.717) is 12.1 Å². The number of amides is 1. The zero-order valence-corrected chi connectivity index (χ0v) is 17.8. The summed E-state index contributed by atoms with van der Waals surface area (Å²) in [6, 6.07) is 18.2. The Hall–Kier alpha value is -3.12. The molecule has 0 N–H and O–H groups in total. The summed E-state index contributed by atoms with van der Waals surface area (Å²) >= 11 is 0. The van der Waals surface area contributed by atoms with Crippen LogP contribution in [0.15, 0.2) is 54.6 Å². The van der Waals surface area contributed by atoms with Gasteiger partial charge >= 0.3 is 0 Å². The number of anilines is 1. The van der Waals surface area contributed by atoms with Crippen molar-refractivity contribution >= 4 is 11.6 Å². The van der Waals surface area contributed by atoms with Crippen LogP contribution in [0.5, 0.6) is 0 Å². The maximum Gasteiger partial charge on any atom is 0.257 e. The Morgan fingerprint density at radius 3 is 2.43 bits per heavy atom. The van der Waals surface area contributed by atoms with E-state index in [1.807, 2.05) is 68.0 Å². The van der Waals surface area contributed by atoms with Crippen molar-refractivity contribution in [3.8, 4) is 5.69 Å². The Morgan fingerprint density at radius 2 is 1.70 bits per heavy atom. The van der Waals surface area contributed by atoms with Crippen LogP contribution in [-0.2, 0) is 11.3 Å². The second-order valence-electron chi connectivity index (χ2n) is 7.68. The van der Waals surface area contributed by atoms with Gasteiger partial charge in [0, 0.05) is 32.4 Å². The highest BCUT2D eigenvalue weighted by Gasteiger charge is 2.23. The molecule has 30 heavy (non-hydrogen) atoms. The zero-order valence-electron chi connectivity index (χ0n) is 17.8. The predicted octanol–water partition coefficient (Wildman–Crippen LogP) is 3.60. The third kappa shape index (κ3) is 3.96. The van der Waals surface area contributed by atoms with Gasteiger partial charge in [-0.25, -0.2) is 4.68 Å². The summed E-state index contributed by atoms with van der Waals surface area (Å²) < 4.78 is 7.33. The molecular formula is C24H28N4O2. The fourth-order valence-corrected chi connectivity index (χ4v) is 4.05. The molecule has 6 heteroatoms. The average molecular weight is 405 g/mol. The van der Waals surface area contributed by atoms with Gasteiger partial charge in [0.25, 0.3) is 5.91 Å². The van der Waals surface area contributed by atoms with Gasteiger partial charge in [-0.15, -0.1) is 0 Å².